The van der Waals surface area contributed by atoms with Gasteiger partial charge in [0, 0.05) is 11.9 Å². The first-order chi connectivity index (χ1) is 13.0. The topological polar surface area (TPSA) is 99.0 Å². The molecule has 0 aliphatic carbocycles. The molecule has 2 aromatic heterocycles. The van der Waals surface area contributed by atoms with Crippen LogP contribution in [-0.2, 0) is 11.3 Å². The first-order valence-electron chi connectivity index (χ1n) is 8.00. The lowest BCUT2D eigenvalue weighted by Crippen LogP contribution is -2.28. The summed E-state index contributed by atoms with van der Waals surface area (Å²) >= 11 is 7.50. The molecule has 0 saturated carbocycles. The van der Waals surface area contributed by atoms with Crippen molar-refractivity contribution in [2.24, 2.45) is 0 Å². The van der Waals surface area contributed by atoms with Crippen molar-refractivity contribution >= 4 is 46.0 Å². The summed E-state index contributed by atoms with van der Waals surface area (Å²) in [6.45, 7) is 1.79. The molecule has 8 nitrogen and oxygen atoms in total. The molecule has 140 valence electrons. The number of carbonyl (C=O) groups is 1. The Morgan fingerprint density at radius 1 is 1.37 bits per heavy atom. The average molecular weight is 406 g/mol. The summed E-state index contributed by atoms with van der Waals surface area (Å²) in [5.74, 6) is 0.932. The van der Waals surface area contributed by atoms with Gasteiger partial charge in [-0.25, -0.2) is 15.0 Å². The van der Waals surface area contributed by atoms with Crippen molar-refractivity contribution in [1.82, 2.24) is 19.5 Å². The monoisotopic (exact) mass is 405 g/mol. The number of amides is 1. The Kier molecular flexibility index (Phi) is 5.92. The summed E-state index contributed by atoms with van der Waals surface area (Å²) in [7, 11) is 1.51. The van der Waals surface area contributed by atoms with Crippen LogP contribution in [-0.4, -0.2) is 38.3 Å². The first-order valence-corrected chi connectivity index (χ1v) is 9.36. The van der Waals surface area contributed by atoms with E-state index in [-0.39, 0.29) is 17.5 Å². The van der Waals surface area contributed by atoms with E-state index in [0.717, 1.165) is 5.75 Å². The van der Waals surface area contributed by atoms with E-state index in [2.05, 4.69) is 20.3 Å². The van der Waals surface area contributed by atoms with Gasteiger partial charge in [-0.05, 0) is 24.0 Å². The van der Waals surface area contributed by atoms with E-state index in [1.165, 1.54) is 36.0 Å². The number of carbonyl (C=O) groups excluding carboxylic acids is 1. The fourth-order valence-corrected chi connectivity index (χ4v) is 3.14. The minimum absolute atomic E-state index is 0.198. The highest BCUT2D eigenvalue weighted by atomic mass is 35.5. The van der Waals surface area contributed by atoms with Crippen molar-refractivity contribution in [2.45, 2.75) is 18.6 Å². The summed E-state index contributed by atoms with van der Waals surface area (Å²) < 4.78 is 6.28. The molecule has 3 rings (SSSR count). The second-order valence-electron chi connectivity index (χ2n) is 5.40. The van der Waals surface area contributed by atoms with Crippen molar-refractivity contribution in [1.29, 1.82) is 0 Å². The standard InChI is InChI=1S/C17H16ClN5O3S/c1-3-27-17-19-7-11-15(22-17)20-9-23(16(11)25)8-14(24)21-10-4-5-13(26-2)12(18)6-10/h4-7,9H,3,8H2,1-2H3,(H,21,24). The summed E-state index contributed by atoms with van der Waals surface area (Å²) in [6.07, 6.45) is 2.74. The van der Waals surface area contributed by atoms with Crippen LogP contribution in [0, 0.1) is 0 Å². The molecule has 0 bridgehead atoms. The van der Waals surface area contributed by atoms with Crippen LogP contribution in [0.5, 0.6) is 5.75 Å². The van der Waals surface area contributed by atoms with Crippen LogP contribution < -0.4 is 15.6 Å². The lowest BCUT2D eigenvalue weighted by molar-refractivity contribution is -0.116. The minimum atomic E-state index is -0.390. The van der Waals surface area contributed by atoms with Gasteiger partial charge >= 0.3 is 0 Å². The zero-order chi connectivity index (χ0) is 19.4. The fraction of sp³-hybridized carbons (Fsp3) is 0.235. The average Bonchev–Trinajstić information content (AvgIpc) is 2.64. The van der Waals surface area contributed by atoms with Gasteiger partial charge in [0.1, 0.15) is 24.0 Å². The number of nitrogens with one attached hydrogen (secondary N) is 1. The second kappa shape index (κ2) is 8.36. The van der Waals surface area contributed by atoms with Crippen LogP contribution in [0.25, 0.3) is 11.0 Å². The number of methoxy groups -OCH3 is 1. The number of ether oxygens (including phenoxy) is 1. The smallest absolute Gasteiger partial charge is 0.264 e. The van der Waals surface area contributed by atoms with E-state index >= 15 is 0 Å². The van der Waals surface area contributed by atoms with Crippen LogP contribution in [0.2, 0.25) is 5.02 Å². The Balaban J connectivity index is 1.78. The largest absolute Gasteiger partial charge is 0.495 e. The molecular weight excluding hydrogens is 390 g/mol. The molecule has 0 atom stereocenters. The van der Waals surface area contributed by atoms with Gasteiger partial charge in [-0.15, -0.1) is 0 Å². The lowest BCUT2D eigenvalue weighted by Gasteiger charge is -2.09. The zero-order valence-corrected chi connectivity index (χ0v) is 16.2. The van der Waals surface area contributed by atoms with Gasteiger partial charge in [0.25, 0.3) is 5.56 Å². The molecule has 0 radical (unpaired) electrons. The zero-order valence-electron chi connectivity index (χ0n) is 14.6. The van der Waals surface area contributed by atoms with Crippen molar-refractivity contribution in [2.75, 3.05) is 18.2 Å². The number of thioether (sulfide) groups is 1. The molecule has 0 spiro atoms. The Morgan fingerprint density at radius 3 is 2.89 bits per heavy atom. The number of nitrogens with zero attached hydrogens (tertiary/aromatic N) is 4. The van der Waals surface area contributed by atoms with Crippen molar-refractivity contribution in [3.05, 3.63) is 46.1 Å². The maximum atomic E-state index is 12.5. The number of rotatable bonds is 6. The maximum absolute atomic E-state index is 12.5. The van der Waals surface area contributed by atoms with Gasteiger partial charge in [-0.3, -0.25) is 14.2 Å². The summed E-state index contributed by atoms with van der Waals surface area (Å²) in [5, 5.41) is 3.88. The van der Waals surface area contributed by atoms with E-state index in [4.69, 9.17) is 16.3 Å². The molecule has 2 heterocycles. The second-order valence-corrected chi connectivity index (χ2v) is 7.04. The van der Waals surface area contributed by atoms with Crippen LogP contribution >= 0.6 is 23.4 Å². The molecule has 10 heteroatoms. The highest BCUT2D eigenvalue weighted by Gasteiger charge is 2.11. The van der Waals surface area contributed by atoms with Gasteiger partial charge in [-0.2, -0.15) is 0 Å². The van der Waals surface area contributed by atoms with E-state index in [9.17, 15) is 9.59 Å². The van der Waals surface area contributed by atoms with Gasteiger partial charge in [-0.1, -0.05) is 30.3 Å². The highest BCUT2D eigenvalue weighted by Crippen LogP contribution is 2.27. The van der Waals surface area contributed by atoms with Gasteiger partial charge in [0.2, 0.25) is 5.91 Å². The number of hydrogen-bond donors (Lipinski definition) is 1. The van der Waals surface area contributed by atoms with Crippen LogP contribution in [0.1, 0.15) is 6.92 Å². The molecule has 1 amide bonds. The minimum Gasteiger partial charge on any atom is -0.495 e. The van der Waals surface area contributed by atoms with Crippen LogP contribution in [0.4, 0.5) is 5.69 Å². The summed E-state index contributed by atoms with van der Waals surface area (Å²) in [6, 6.07) is 4.87. The van der Waals surface area contributed by atoms with Crippen LogP contribution in [0.15, 0.2) is 40.7 Å². The molecule has 0 fully saturated rings. The van der Waals surface area contributed by atoms with Crippen LogP contribution in [0.3, 0.4) is 0 Å². The molecule has 1 aromatic carbocycles. The third kappa shape index (κ3) is 4.37. The normalized spacial score (nSPS) is 10.8. The fourth-order valence-electron chi connectivity index (χ4n) is 2.35. The number of benzene rings is 1. The number of anilines is 1. The summed E-state index contributed by atoms with van der Waals surface area (Å²) in [5.41, 5.74) is 0.428. The van der Waals surface area contributed by atoms with E-state index < -0.39 is 5.91 Å². The highest BCUT2D eigenvalue weighted by molar-refractivity contribution is 7.99. The lowest BCUT2D eigenvalue weighted by atomic mass is 10.3. The molecular formula is C17H16ClN5O3S. The molecule has 0 aliphatic heterocycles. The van der Waals surface area contributed by atoms with E-state index in [0.29, 0.717) is 27.3 Å². The third-order valence-corrected chi connectivity index (χ3v) is 4.62. The van der Waals surface area contributed by atoms with E-state index in [1.807, 2.05) is 6.92 Å². The SMILES string of the molecule is CCSc1ncc2c(=O)n(CC(=O)Nc3ccc(OC)c(Cl)c3)cnc2n1. The number of fused-ring (bicyclic) bond motifs is 1. The van der Waals surface area contributed by atoms with Gasteiger partial charge in [0.05, 0.1) is 12.1 Å². The Morgan fingerprint density at radius 2 is 2.19 bits per heavy atom. The first kappa shape index (κ1) is 19.1. The Bertz CT molecular complexity index is 1060. The predicted octanol–water partition coefficient (Wildman–Crippen LogP) is 2.60. The molecule has 27 heavy (non-hydrogen) atoms. The van der Waals surface area contributed by atoms with Crippen molar-refractivity contribution < 1.29 is 9.53 Å². The Labute approximate surface area is 163 Å². The number of halogens is 1. The summed E-state index contributed by atoms with van der Waals surface area (Å²) in [4.78, 5) is 37.4. The van der Waals surface area contributed by atoms with Gasteiger partial charge in [0.15, 0.2) is 10.8 Å². The quantitative estimate of drug-likeness (QED) is 0.497. The molecule has 0 unspecified atom stereocenters. The van der Waals surface area contributed by atoms with Gasteiger partial charge < -0.3 is 10.1 Å². The molecule has 0 saturated heterocycles. The molecule has 0 aliphatic rings. The van der Waals surface area contributed by atoms with Crippen molar-refractivity contribution in [3.63, 3.8) is 0 Å². The Hall–Kier alpha value is -2.65. The predicted molar refractivity (Wildman–Crippen MR) is 105 cm³/mol. The maximum Gasteiger partial charge on any atom is 0.264 e. The third-order valence-electron chi connectivity index (χ3n) is 3.58. The number of hydrogen-bond acceptors (Lipinski definition) is 7. The van der Waals surface area contributed by atoms with E-state index in [1.54, 1.807) is 18.2 Å². The van der Waals surface area contributed by atoms with Crippen molar-refractivity contribution in [3.8, 4) is 5.75 Å². The molecule has 1 N–H and O–H groups in total. The molecule has 3 aromatic rings. The number of aromatic nitrogens is 4.